The molecule has 31 heavy (non-hydrogen) atoms. The van der Waals surface area contributed by atoms with Gasteiger partial charge in [-0.15, -0.1) is 0 Å². The molecule has 1 amide bonds. The van der Waals surface area contributed by atoms with E-state index in [4.69, 9.17) is 27.9 Å². The number of nitrogens with zero attached hydrogens (tertiary/aromatic N) is 1. The first-order chi connectivity index (χ1) is 14.7. The zero-order chi connectivity index (χ0) is 22.6. The summed E-state index contributed by atoms with van der Waals surface area (Å²) < 4.78 is 45.9. The Kier molecular flexibility index (Phi) is 7.53. The maximum atomic E-state index is 14.3. The van der Waals surface area contributed by atoms with Crippen LogP contribution in [0.4, 0.5) is 10.1 Å². The van der Waals surface area contributed by atoms with Gasteiger partial charge >= 0.3 is 5.97 Å². The van der Waals surface area contributed by atoms with Crippen LogP contribution in [0.3, 0.4) is 0 Å². The Hall–Kier alpha value is -2.20. The molecule has 7 nitrogen and oxygen atoms in total. The zero-order valence-corrected chi connectivity index (χ0v) is 18.6. The Morgan fingerprint density at radius 1 is 1.06 bits per heavy atom. The molecule has 1 heterocycles. The fourth-order valence-electron chi connectivity index (χ4n) is 3.08. The van der Waals surface area contributed by atoms with Crippen LogP contribution in [0.1, 0.15) is 29.6 Å². The number of amides is 1. The van der Waals surface area contributed by atoms with Crippen molar-refractivity contribution in [2.45, 2.75) is 24.2 Å². The lowest BCUT2D eigenvalue weighted by Gasteiger charge is -2.26. The van der Waals surface area contributed by atoms with Gasteiger partial charge in [0.05, 0.1) is 21.3 Å². The molecule has 1 aliphatic rings. The Morgan fingerprint density at radius 2 is 1.71 bits per heavy atom. The van der Waals surface area contributed by atoms with E-state index in [0.29, 0.717) is 25.9 Å². The van der Waals surface area contributed by atoms with E-state index in [1.165, 1.54) is 16.4 Å². The Bertz CT molecular complexity index is 1080. The highest BCUT2D eigenvalue weighted by atomic mass is 35.5. The van der Waals surface area contributed by atoms with E-state index in [1.807, 2.05) is 0 Å². The first-order valence-corrected chi connectivity index (χ1v) is 11.6. The quantitative estimate of drug-likeness (QED) is 0.617. The van der Waals surface area contributed by atoms with Crippen LogP contribution in [0.25, 0.3) is 0 Å². The van der Waals surface area contributed by atoms with Gasteiger partial charge in [0.2, 0.25) is 10.0 Å². The summed E-state index contributed by atoms with van der Waals surface area (Å²) in [4.78, 5) is 23.8. The van der Waals surface area contributed by atoms with Crippen molar-refractivity contribution in [2.75, 3.05) is 25.0 Å². The number of carbonyl (C=O) groups excluding carboxylic acids is 2. The zero-order valence-electron chi connectivity index (χ0n) is 16.2. The molecule has 0 aliphatic carbocycles. The Balaban J connectivity index is 1.69. The van der Waals surface area contributed by atoms with Crippen molar-refractivity contribution in [3.63, 3.8) is 0 Å². The molecule has 0 bridgehead atoms. The van der Waals surface area contributed by atoms with E-state index in [9.17, 15) is 22.4 Å². The molecule has 2 aromatic carbocycles. The van der Waals surface area contributed by atoms with Crippen LogP contribution in [-0.4, -0.2) is 44.3 Å². The van der Waals surface area contributed by atoms with Gasteiger partial charge in [0.25, 0.3) is 5.91 Å². The largest absolute Gasteiger partial charge is 0.452 e. The van der Waals surface area contributed by atoms with Gasteiger partial charge in [-0.25, -0.2) is 17.6 Å². The number of carbonyl (C=O) groups is 2. The van der Waals surface area contributed by atoms with E-state index < -0.39 is 39.2 Å². The van der Waals surface area contributed by atoms with Gasteiger partial charge in [0.15, 0.2) is 6.61 Å². The van der Waals surface area contributed by atoms with E-state index in [1.54, 1.807) is 6.07 Å². The van der Waals surface area contributed by atoms with E-state index in [0.717, 1.165) is 24.6 Å². The topological polar surface area (TPSA) is 92.8 Å². The predicted octanol–water partition coefficient (Wildman–Crippen LogP) is 4.10. The van der Waals surface area contributed by atoms with Gasteiger partial charge < -0.3 is 10.1 Å². The van der Waals surface area contributed by atoms with Crippen LogP contribution in [-0.2, 0) is 19.6 Å². The molecule has 0 radical (unpaired) electrons. The fourth-order valence-corrected chi connectivity index (χ4v) is 5.18. The van der Waals surface area contributed by atoms with Crippen LogP contribution in [0.15, 0.2) is 41.3 Å². The first kappa shape index (κ1) is 23.5. The molecule has 1 fully saturated rings. The smallest absolute Gasteiger partial charge is 0.338 e. The molecule has 11 heteroatoms. The lowest BCUT2D eigenvalue weighted by atomic mass is 10.2. The van der Waals surface area contributed by atoms with Crippen molar-refractivity contribution < 1.29 is 27.1 Å². The molecule has 0 aromatic heterocycles. The number of esters is 1. The third-order valence-corrected chi connectivity index (χ3v) is 7.20. The van der Waals surface area contributed by atoms with Crippen molar-refractivity contribution in [1.29, 1.82) is 0 Å². The molecule has 0 saturated carbocycles. The van der Waals surface area contributed by atoms with Crippen LogP contribution >= 0.6 is 23.2 Å². The number of hydrogen-bond acceptors (Lipinski definition) is 5. The molecule has 1 saturated heterocycles. The van der Waals surface area contributed by atoms with Gasteiger partial charge in [0.1, 0.15) is 10.7 Å². The summed E-state index contributed by atoms with van der Waals surface area (Å²) in [5.41, 5.74) is -0.0239. The maximum absolute atomic E-state index is 14.3. The van der Waals surface area contributed by atoms with E-state index in [2.05, 4.69) is 5.32 Å². The molecule has 1 aliphatic heterocycles. The minimum absolute atomic E-state index is 0.170. The number of nitrogens with one attached hydrogen (secondary N) is 1. The molecule has 0 unspecified atom stereocenters. The van der Waals surface area contributed by atoms with Crippen LogP contribution in [0.5, 0.6) is 0 Å². The molecule has 0 spiro atoms. The minimum atomic E-state index is -4.09. The molecular formula is C20H19Cl2FN2O5S. The summed E-state index contributed by atoms with van der Waals surface area (Å²) in [5, 5.41) is 2.84. The van der Waals surface area contributed by atoms with Gasteiger partial charge in [-0.1, -0.05) is 35.7 Å². The number of sulfonamides is 1. The molecule has 2 aromatic rings. The second-order valence-corrected chi connectivity index (χ2v) is 9.55. The highest BCUT2D eigenvalue weighted by molar-refractivity contribution is 7.89. The molecule has 3 rings (SSSR count). The number of rotatable bonds is 6. The van der Waals surface area contributed by atoms with Crippen molar-refractivity contribution in [1.82, 2.24) is 4.31 Å². The van der Waals surface area contributed by atoms with Crippen molar-refractivity contribution >= 4 is 50.8 Å². The number of para-hydroxylation sites is 1. The molecular weight excluding hydrogens is 470 g/mol. The van der Waals surface area contributed by atoms with Gasteiger partial charge in [-0.05, 0) is 43.2 Å². The Labute approximate surface area is 189 Å². The lowest BCUT2D eigenvalue weighted by molar-refractivity contribution is -0.119. The molecule has 0 atom stereocenters. The van der Waals surface area contributed by atoms with Crippen LogP contribution in [0, 0.1) is 5.82 Å². The Morgan fingerprint density at radius 3 is 2.35 bits per heavy atom. The second kappa shape index (κ2) is 9.95. The summed E-state index contributed by atoms with van der Waals surface area (Å²) in [5.74, 6) is -2.64. The van der Waals surface area contributed by atoms with Gasteiger partial charge in [-0.2, -0.15) is 4.31 Å². The SMILES string of the molecule is O=C(COC(=O)c1ccc(F)c(S(=O)(=O)N2CCCCC2)c1)Nc1c(Cl)cccc1Cl. The predicted molar refractivity (Wildman–Crippen MR) is 114 cm³/mol. The van der Waals surface area contributed by atoms with E-state index >= 15 is 0 Å². The number of halogens is 3. The average molecular weight is 489 g/mol. The number of hydrogen-bond donors (Lipinski definition) is 1. The highest BCUT2D eigenvalue weighted by Crippen LogP contribution is 2.29. The normalized spacial score (nSPS) is 14.8. The monoisotopic (exact) mass is 488 g/mol. The average Bonchev–Trinajstić information content (AvgIpc) is 2.75. The van der Waals surface area contributed by atoms with Gasteiger partial charge in [0, 0.05) is 13.1 Å². The van der Waals surface area contributed by atoms with Crippen molar-refractivity contribution in [2.24, 2.45) is 0 Å². The fraction of sp³-hybridized carbons (Fsp3) is 0.300. The third kappa shape index (κ3) is 5.54. The summed E-state index contributed by atoms with van der Waals surface area (Å²) in [6.45, 7) is -0.0889. The molecule has 166 valence electrons. The third-order valence-electron chi connectivity index (χ3n) is 4.66. The maximum Gasteiger partial charge on any atom is 0.338 e. The minimum Gasteiger partial charge on any atom is -0.452 e. The number of piperidine rings is 1. The standard InChI is InChI=1S/C20H19Cl2FN2O5S/c21-14-5-4-6-15(22)19(14)24-18(26)12-30-20(27)13-7-8-16(23)17(11-13)31(28,29)25-9-2-1-3-10-25/h4-8,11H,1-3,9-10,12H2,(H,24,26). The van der Waals surface area contributed by atoms with Crippen molar-refractivity contribution in [3.8, 4) is 0 Å². The summed E-state index contributed by atoms with van der Waals surface area (Å²) >= 11 is 11.9. The second-order valence-electron chi connectivity index (χ2n) is 6.83. The number of anilines is 1. The lowest BCUT2D eigenvalue weighted by Crippen LogP contribution is -2.36. The van der Waals surface area contributed by atoms with Gasteiger partial charge in [-0.3, -0.25) is 4.79 Å². The highest BCUT2D eigenvalue weighted by Gasteiger charge is 2.29. The first-order valence-electron chi connectivity index (χ1n) is 9.41. The number of ether oxygens (including phenoxy) is 1. The molecule has 1 N–H and O–H groups in total. The van der Waals surface area contributed by atoms with Crippen molar-refractivity contribution in [3.05, 3.63) is 57.8 Å². The summed E-state index contributed by atoms with van der Waals surface area (Å²) in [6.07, 6.45) is 2.28. The number of benzene rings is 2. The summed E-state index contributed by atoms with van der Waals surface area (Å²) in [6, 6.07) is 7.55. The van der Waals surface area contributed by atoms with Crippen LogP contribution in [0.2, 0.25) is 10.0 Å². The summed E-state index contributed by atoms with van der Waals surface area (Å²) in [7, 11) is -4.09. The van der Waals surface area contributed by atoms with E-state index in [-0.39, 0.29) is 21.3 Å². The van der Waals surface area contributed by atoms with Crippen LogP contribution < -0.4 is 5.32 Å².